The highest BCUT2D eigenvalue weighted by Crippen LogP contribution is 2.05. The van der Waals surface area contributed by atoms with E-state index < -0.39 is 0 Å². The molecule has 0 radical (unpaired) electrons. The lowest BCUT2D eigenvalue weighted by Crippen LogP contribution is -2.23. The molecule has 0 atom stereocenters. The van der Waals surface area contributed by atoms with Crippen LogP contribution in [0.3, 0.4) is 0 Å². The van der Waals surface area contributed by atoms with E-state index in [2.05, 4.69) is 21.0 Å². The second-order valence-electron chi connectivity index (χ2n) is 3.78. The van der Waals surface area contributed by atoms with Crippen LogP contribution < -0.4 is 5.56 Å². The topological polar surface area (TPSA) is 34.9 Å². The fourth-order valence-corrected chi connectivity index (χ4v) is 1.98. The quantitative estimate of drug-likeness (QED) is 0.810. The first-order valence-corrected chi connectivity index (χ1v) is 6.57. The van der Waals surface area contributed by atoms with E-state index in [1.54, 1.807) is 12.3 Å². The van der Waals surface area contributed by atoms with Crippen molar-refractivity contribution in [3.63, 3.8) is 0 Å². The molecule has 2 rings (SSSR count). The first-order valence-electron chi connectivity index (χ1n) is 5.45. The van der Waals surface area contributed by atoms with E-state index in [0.717, 1.165) is 17.3 Å². The van der Waals surface area contributed by atoms with Crippen molar-refractivity contribution in [2.45, 2.75) is 13.0 Å². The molecule has 0 saturated carbocycles. The van der Waals surface area contributed by atoms with E-state index >= 15 is 0 Å². The maximum absolute atomic E-state index is 11.7. The summed E-state index contributed by atoms with van der Waals surface area (Å²) >= 11 is 3.29. The van der Waals surface area contributed by atoms with Crippen molar-refractivity contribution in [3.05, 3.63) is 64.1 Å². The molecule has 1 heterocycles. The number of hydrogen-bond acceptors (Lipinski definition) is 2. The average molecular weight is 293 g/mol. The number of alkyl halides is 1. The van der Waals surface area contributed by atoms with Gasteiger partial charge in [0, 0.05) is 11.4 Å². The van der Waals surface area contributed by atoms with Crippen LogP contribution in [0.2, 0.25) is 0 Å². The standard InChI is InChI=1S/C13H13BrN2O/c14-6-7-16-13(17)9-12(10-15-16)8-11-4-2-1-3-5-11/h1-5,9-10H,6-8H2. The zero-order valence-corrected chi connectivity index (χ0v) is 10.9. The van der Waals surface area contributed by atoms with Crippen LogP contribution in [0.25, 0.3) is 0 Å². The van der Waals surface area contributed by atoms with Crippen molar-refractivity contribution in [2.75, 3.05) is 5.33 Å². The van der Waals surface area contributed by atoms with Gasteiger partial charge in [0.05, 0.1) is 12.7 Å². The highest BCUT2D eigenvalue weighted by atomic mass is 79.9. The van der Waals surface area contributed by atoms with E-state index in [1.165, 1.54) is 10.2 Å². The lowest BCUT2D eigenvalue weighted by molar-refractivity contribution is 0.619. The number of benzene rings is 1. The van der Waals surface area contributed by atoms with E-state index in [1.807, 2.05) is 30.3 Å². The van der Waals surface area contributed by atoms with Crippen molar-refractivity contribution < 1.29 is 0 Å². The predicted octanol–water partition coefficient (Wildman–Crippen LogP) is 2.23. The van der Waals surface area contributed by atoms with Crippen LogP contribution in [-0.4, -0.2) is 15.1 Å². The number of halogens is 1. The second-order valence-corrected chi connectivity index (χ2v) is 4.57. The van der Waals surface area contributed by atoms with Gasteiger partial charge in [-0.1, -0.05) is 46.3 Å². The van der Waals surface area contributed by atoms with Crippen LogP contribution in [-0.2, 0) is 13.0 Å². The minimum absolute atomic E-state index is 0.0436. The highest BCUT2D eigenvalue weighted by Gasteiger charge is 2.00. The summed E-state index contributed by atoms with van der Waals surface area (Å²) < 4.78 is 1.46. The Morgan fingerprint density at radius 2 is 1.94 bits per heavy atom. The Labute approximate surface area is 108 Å². The summed E-state index contributed by atoms with van der Waals surface area (Å²) in [5.41, 5.74) is 2.09. The largest absolute Gasteiger partial charge is 0.268 e. The Hall–Kier alpha value is -1.42. The third-order valence-electron chi connectivity index (χ3n) is 2.47. The molecule has 4 heteroatoms. The van der Waals surface area contributed by atoms with Crippen LogP contribution in [0.4, 0.5) is 0 Å². The van der Waals surface area contributed by atoms with Gasteiger partial charge in [0.25, 0.3) is 5.56 Å². The van der Waals surface area contributed by atoms with Gasteiger partial charge in [-0.05, 0) is 17.5 Å². The number of hydrogen-bond donors (Lipinski definition) is 0. The minimum Gasteiger partial charge on any atom is -0.268 e. The van der Waals surface area contributed by atoms with Gasteiger partial charge < -0.3 is 0 Å². The fraction of sp³-hybridized carbons (Fsp3) is 0.231. The van der Waals surface area contributed by atoms with Gasteiger partial charge in [-0.15, -0.1) is 0 Å². The number of nitrogens with zero attached hydrogens (tertiary/aromatic N) is 2. The van der Waals surface area contributed by atoms with Crippen molar-refractivity contribution in [1.82, 2.24) is 9.78 Å². The highest BCUT2D eigenvalue weighted by molar-refractivity contribution is 9.09. The van der Waals surface area contributed by atoms with Crippen LogP contribution in [0.5, 0.6) is 0 Å². The van der Waals surface area contributed by atoms with E-state index in [0.29, 0.717) is 6.54 Å². The van der Waals surface area contributed by atoms with Gasteiger partial charge in [0.2, 0.25) is 0 Å². The summed E-state index contributed by atoms with van der Waals surface area (Å²) in [6, 6.07) is 11.7. The third-order valence-corrected chi connectivity index (χ3v) is 2.83. The molecule has 0 bridgehead atoms. The van der Waals surface area contributed by atoms with Gasteiger partial charge >= 0.3 is 0 Å². The van der Waals surface area contributed by atoms with Crippen LogP contribution >= 0.6 is 15.9 Å². The van der Waals surface area contributed by atoms with Crippen molar-refractivity contribution in [3.8, 4) is 0 Å². The monoisotopic (exact) mass is 292 g/mol. The maximum atomic E-state index is 11.7. The number of rotatable bonds is 4. The van der Waals surface area contributed by atoms with Crippen molar-refractivity contribution in [1.29, 1.82) is 0 Å². The average Bonchev–Trinajstić information content (AvgIpc) is 2.34. The molecule has 2 aromatic rings. The van der Waals surface area contributed by atoms with E-state index in [-0.39, 0.29) is 5.56 Å². The molecule has 1 aromatic heterocycles. The third kappa shape index (κ3) is 3.27. The SMILES string of the molecule is O=c1cc(Cc2ccccc2)cnn1CCBr. The zero-order valence-electron chi connectivity index (χ0n) is 9.34. The van der Waals surface area contributed by atoms with Crippen LogP contribution in [0.1, 0.15) is 11.1 Å². The Morgan fingerprint density at radius 1 is 1.18 bits per heavy atom. The number of aryl methyl sites for hydroxylation is 1. The molecule has 0 spiro atoms. The Balaban J connectivity index is 2.18. The predicted molar refractivity (Wildman–Crippen MR) is 71.5 cm³/mol. The van der Waals surface area contributed by atoms with Gasteiger partial charge in [0.1, 0.15) is 0 Å². The molecule has 0 aliphatic carbocycles. The molecule has 0 N–H and O–H groups in total. The maximum Gasteiger partial charge on any atom is 0.267 e. The van der Waals surface area contributed by atoms with E-state index in [9.17, 15) is 4.79 Å². The van der Waals surface area contributed by atoms with Gasteiger partial charge in [-0.25, -0.2) is 4.68 Å². The molecule has 0 fully saturated rings. The molecule has 0 aliphatic heterocycles. The van der Waals surface area contributed by atoms with Crippen molar-refractivity contribution >= 4 is 15.9 Å². The summed E-state index contributed by atoms with van der Waals surface area (Å²) in [6.45, 7) is 0.602. The van der Waals surface area contributed by atoms with Crippen LogP contribution in [0.15, 0.2) is 47.4 Å². The molecule has 1 aromatic carbocycles. The minimum atomic E-state index is -0.0436. The number of aromatic nitrogens is 2. The molecule has 3 nitrogen and oxygen atoms in total. The Kier molecular flexibility index (Phi) is 4.09. The first kappa shape index (κ1) is 12.0. The molecule has 0 aliphatic rings. The molecule has 0 amide bonds. The smallest absolute Gasteiger partial charge is 0.267 e. The summed E-state index contributed by atoms with van der Waals surface area (Å²) in [5, 5.41) is 4.87. The normalized spacial score (nSPS) is 10.4. The van der Waals surface area contributed by atoms with Gasteiger partial charge in [0.15, 0.2) is 0 Å². The molecular formula is C13H13BrN2O. The Bertz CT molecular complexity index is 537. The molecule has 88 valence electrons. The lowest BCUT2D eigenvalue weighted by atomic mass is 10.1. The molecule has 17 heavy (non-hydrogen) atoms. The van der Waals surface area contributed by atoms with Crippen molar-refractivity contribution in [2.24, 2.45) is 0 Å². The lowest BCUT2D eigenvalue weighted by Gasteiger charge is -2.04. The summed E-state index contributed by atoms with van der Waals surface area (Å²) in [5.74, 6) is 0. The van der Waals surface area contributed by atoms with Gasteiger partial charge in [-0.3, -0.25) is 4.79 Å². The second kappa shape index (κ2) is 5.77. The molecular weight excluding hydrogens is 280 g/mol. The first-order chi connectivity index (χ1) is 8.29. The van der Waals surface area contributed by atoms with E-state index in [4.69, 9.17) is 0 Å². The summed E-state index contributed by atoms with van der Waals surface area (Å²) in [4.78, 5) is 11.7. The van der Waals surface area contributed by atoms with Crippen LogP contribution in [0, 0.1) is 0 Å². The summed E-state index contributed by atoms with van der Waals surface area (Å²) in [7, 11) is 0. The van der Waals surface area contributed by atoms with Gasteiger partial charge in [-0.2, -0.15) is 5.10 Å². The zero-order chi connectivity index (χ0) is 12.1. The molecule has 0 saturated heterocycles. The summed E-state index contributed by atoms with van der Waals surface area (Å²) in [6.07, 6.45) is 2.51. The fourth-order valence-electron chi connectivity index (χ4n) is 1.65. The molecule has 0 unspecified atom stereocenters. The Morgan fingerprint density at radius 3 is 2.59 bits per heavy atom.